The second-order valence-electron chi connectivity index (χ2n) is 7.96. The average Bonchev–Trinajstić information content (AvgIpc) is 3.49. The summed E-state index contributed by atoms with van der Waals surface area (Å²) in [5, 5.41) is 15.9. The van der Waals surface area contributed by atoms with E-state index in [-0.39, 0.29) is 11.9 Å². The molecule has 1 fully saturated rings. The molecule has 11 heteroatoms. The van der Waals surface area contributed by atoms with Gasteiger partial charge in [-0.15, -0.1) is 0 Å². The van der Waals surface area contributed by atoms with Crippen LogP contribution in [0.15, 0.2) is 24.5 Å². The third-order valence-electron chi connectivity index (χ3n) is 5.81. The maximum atomic E-state index is 13.2. The lowest BCUT2D eigenvalue weighted by molar-refractivity contribution is 0.102. The first-order chi connectivity index (χ1) is 15.5. The molecule has 5 rings (SSSR count). The summed E-state index contributed by atoms with van der Waals surface area (Å²) in [6.45, 7) is 1.88. The molecule has 0 unspecified atom stereocenters. The fraction of sp³-hybridized carbons (Fsp3) is 0.381. The normalized spacial score (nSPS) is 16.2. The van der Waals surface area contributed by atoms with Gasteiger partial charge >= 0.3 is 0 Å². The van der Waals surface area contributed by atoms with Crippen LogP contribution in [0.2, 0.25) is 0 Å². The number of hydrogen-bond donors (Lipinski definition) is 2. The SMILES string of the molecule is CN[C@H]1CCN(c2ccc(C(=O)Nc3nc(OC)c4nn(C)cc4n3)c3nn(C)cc23)C1. The number of rotatable bonds is 5. The van der Waals surface area contributed by atoms with Gasteiger partial charge in [-0.2, -0.15) is 15.2 Å². The molecule has 0 radical (unpaired) electrons. The van der Waals surface area contributed by atoms with Crippen LogP contribution in [0.4, 0.5) is 11.6 Å². The van der Waals surface area contributed by atoms with Crippen molar-refractivity contribution >= 4 is 39.5 Å². The smallest absolute Gasteiger partial charge is 0.260 e. The van der Waals surface area contributed by atoms with Crippen molar-refractivity contribution in [3.8, 4) is 5.88 Å². The molecule has 1 aromatic carbocycles. The van der Waals surface area contributed by atoms with Gasteiger partial charge in [0, 0.05) is 50.5 Å². The monoisotopic (exact) mass is 435 g/mol. The zero-order valence-electron chi connectivity index (χ0n) is 18.5. The van der Waals surface area contributed by atoms with Gasteiger partial charge in [-0.3, -0.25) is 19.5 Å². The summed E-state index contributed by atoms with van der Waals surface area (Å²) in [4.78, 5) is 24.2. The van der Waals surface area contributed by atoms with Gasteiger partial charge in [0.1, 0.15) is 11.0 Å². The van der Waals surface area contributed by atoms with Gasteiger partial charge in [-0.05, 0) is 25.6 Å². The highest BCUT2D eigenvalue weighted by Gasteiger charge is 2.25. The minimum absolute atomic E-state index is 0.150. The van der Waals surface area contributed by atoms with Crippen LogP contribution >= 0.6 is 0 Å². The number of carbonyl (C=O) groups is 1. The number of aryl methyl sites for hydroxylation is 2. The Balaban J connectivity index is 1.49. The van der Waals surface area contributed by atoms with Crippen molar-refractivity contribution in [2.45, 2.75) is 12.5 Å². The Morgan fingerprint density at radius 1 is 1.12 bits per heavy atom. The van der Waals surface area contributed by atoms with Crippen molar-refractivity contribution in [2.75, 3.05) is 37.5 Å². The molecule has 11 nitrogen and oxygen atoms in total. The Kier molecular flexibility index (Phi) is 4.89. The maximum Gasteiger partial charge on any atom is 0.260 e. The molecule has 1 amide bonds. The van der Waals surface area contributed by atoms with E-state index in [2.05, 4.69) is 35.7 Å². The van der Waals surface area contributed by atoms with E-state index in [4.69, 9.17) is 4.74 Å². The minimum atomic E-state index is -0.333. The van der Waals surface area contributed by atoms with Crippen LogP contribution < -0.4 is 20.3 Å². The van der Waals surface area contributed by atoms with Gasteiger partial charge in [-0.1, -0.05) is 0 Å². The number of carbonyl (C=O) groups excluding carboxylic acids is 1. The Labute approximate surface area is 184 Å². The molecule has 1 saturated heterocycles. The van der Waals surface area contributed by atoms with Crippen molar-refractivity contribution in [1.29, 1.82) is 0 Å². The molecular weight excluding hydrogens is 410 g/mol. The van der Waals surface area contributed by atoms with Gasteiger partial charge < -0.3 is 15.0 Å². The van der Waals surface area contributed by atoms with Crippen molar-refractivity contribution in [3.63, 3.8) is 0 Å². The molecule has 1 aliphatic heterocycles. The fourth-order valence-electron chi connectivity index (χ4n) is 4.24. The van der Waals surface area contributed by atoms with Crippen LogP contribution in [-0.4, -0.2) is 68.7 Å². The third kappa shape index (κ3) is 3.40. The molecule has 2 N–H and O–H groups in total. The van der Waals surface area contributed by atoms with E-state index in [9.17, 15) is 4.79 Å². The molecule has 0 saturated carbocycles. The number of benzene rings is 1. The lowest BCUT2D eigenvalue weighted by Crippen LogP contribution is -2.29. The predicted molar refractivity (Wildman–Crippen MR) is 121 cm³/mol. The Bertz CT molecular complexity index is 1330. The summed E-state index contributed by atoms with van der Waals surface area (Å²) in [5.41, 5.74) is 3.31. The lowest BCUT2D eigenvalue weighted by atomic mass is 10.1. The molecule has 0 aliphatic carbocycles. The van der Waals surface area contributed by atoms with E-state index in [1.807, 2.05) is 32.4 Å². The summed E-state index contributed by atoms with van der Waals surface area (Å²) in [6.07, 6.45) is 4.78. The molecule has 0 bridgehead atoms. The number of likely N-dealkylation sites (N-methyl/N-ethyl adjacent to an activating group) is 1. The molecule has 166 valence electrons. The van der Waals surface area contributed by atoms with Crippen molar-refractivity contribution in [1.82, 2.24) is 34.8 Å². The van der Waals surface area contributed by atoms with E-state index in [1.54, 1.807) is 22.6 Å². The summed E-state index contributed by atoms with van der Waals surface area (Å²) < 4.78 is 8.69. The standard InChI is InChI=1S/C21H25N9O2/c1-22-12-7-8-30(9-12)16-6-5-13(17-14(16)10-28(2)26-17)19(31)24-21-23-15-11-29(3)27-18(15)20(25-21)32-4/h5-6,10-12,22H,7-9H2,1-4H3,(H,23,24,31)/t12-/m0/s1. The highest BCUT2D eigenvalue weighted by Crippen LogP contribution is 2.31. The second kappa shape index (κ2) is 7.75. The summed E-state index contributed by atoms with van der Waals surface area (Å²) in [6, 6.07) is 4.26. The van der Waals surface area contributed by atoms with Crippen LogP contribution in [0.1, 0.15) is 16.8 Å². The van der Waals surface area contributed by atoms with Crippen LogP contribution in [0.5, 0.6) is 5.88 Å². The topological polar surface area (TPSA) is 115 Å². The van der Waals surface area contributed by atoms with E-state index in [0.717, 1.165) is 30.6 Å². The van der Waals surface area contributed by atoms with E-state index >= 15 is 0 Å². The van der Waals surface area contributed by atoms with Gasteiger partial charge in [-0.25, -0.2) is 4.98 Å². The number of aromatic nitrogens is 6. The van der Waals surface area contributed by atoms with Gasteiger partial charge in [0.2, 0.25) is 11.8 Å². The average molecular weight is 435 g/mol. The number of fused-ring (bicyclic) bond motifs is 2. The number of methoxy groups -OCH3 is 1. The fourth-order valence-corrected chi connectivity index (χ4v) is 4.24. The highest BCUT2D eigenvalue weighted by atomic mass is 16.5. The Morgan fingerprint density at radius 2 is 1.91 bits per heavy atom. The zero-order valence-corrected chi connectivity index (χ0v) is 18.5. The highest BCUT2D eigenvalue weighted by molar-refractivity contribution is 6.13. The summed E-state index contributed by atoms with van der Waals surface area (Å²) >= 11 is 0. The molecule has 32 heavy (non-hydrogen) atoms. The Morgan fingerprint density at radius 3 is 2.66 bits per heavy atom. The van der Waals surface area contributed by atoms with Gasteiger partial charge in [0.25, 0.3) is 5.91 Å². The van der Waals surface area contributed by atoms with Crippen LogP contribution in [0.25, 0.3) is 21.9 Å². The van der Waals surface area contributed by atoms with Crippen LogP contribution in [0, 0.1) is 0 Å². The maximum absolute atomic E-state index is 13.2. The largest absolute Gasteiger partial charge is 0.479 e. The van der Waals surface area contributed by atoms with E-state index in [0.29, 0.717) is 34.0 Å². The summed E-state index contributed by atoms with van der Waals surface area (Å²) in [5.74, 6) is 0.120. The van der Waals surface area contributed by atoms with E-state index in [1.165, 1.54) is 7.11 Å². The molecular formula is C21H25N9O2. The lowest BCUT2D eigenvalue weighted by Gasteiger charge is -2.20. The molecule has 1 atom stereocenters. The number of nitrogens with zero attached hydrogens (tertiary/aromatic N) is 7. The first-order valence-corrected chi connectivity index (χ1v) is 10.4. The van der Waals surface area contributed by atoms with Gasteiger partial charge in [0.05, 0.1) is 18.9 Å². The molecule has 4 aromatic rings. The van der Waals surface area contributed by atoms with Crippen LogP contribution in [0.3, 0.4) is 0 Å². The van der Waals surface area contributed by atoms with Gasteiger partial charge in [0.15, 0.2) is 5.52 Å². The number of ether oxygens (including phenoxy) is 1. The third-order valence-corrected chi connectivity index (χ3v) is 5.81. The second-order valence-corrected chi connectivity index (χ2v) is 7.96. The number of hydrogen-bond acceptors (Lipinski definition) is 8. The first-order valence-electron chi connectivity index (χ1n) is 10.4. The van der Waals surface area contributed by atoms with Crippen molar-refractivity contribution in [3.05, 3.63) is 30.1 Å². The predicted octanol–water partition coefficient (Wildman–Crippen LogP) is 1.31. The van der Waals surface area contributed by atoms with Crippen LogP contribution in [-0.2, 0) is 14.1 Å². The Hall–Kier alpha value is -3.73. The molecule has 3 aromatic heterocycles. The number of anilines is 2. The minimum Gasteiger partial charge on any atom is -0.479 e. The first kappa shape index (κ1) is 20.2. The molecule has 4 heterocycles. The van der Waals surface area contributed by atoms with Crippen molar-refractivity contribution in [2.24, 2.45) is 14.1 Å². The summed E-state index contributed by atoms with van der Waals surface area (Å²) in [7, 11) is 7.14. The molecule has 1 aliphatic rings. The van der Waals surface area contributed by atoms with Crippen molar-refractivity contribution < 1.29 is 9.53 Å². The molecule has 0 spiro atoms. The number of amides is 1. The number of nitrogens with one attached hydrogen (secondary N) is 2. The zero-order chi connectivity index (χ0) is 22.4. The quantitative estimate of drug-likeness (QED) is 0.482. The van der Waals surface area contributed by atoms with E-state index < -0.39 is 0 Å².